The van der Waals surface area contributed by atoms with Crippen LogP contribution in [0, 0.1) is 0 Å². The van der Waals surface area contributed by atoms with Gasteiger partial charge in [0.05, 0.1) is 12.1 Å². The lowest BCUT2D eigenvalue weighted by Gasteiger charge is -2.16. The zero-order valence-corrected chi connectivity index (χ0v) is 15.2. The summed E-state index contributed by atoms with van der Waals surface area (Å²) in [6.07, 6.45) is 5.79. The first-order valence-electron chi connectivity index (χ1n) is 9.09. The lowest BCUT2D eigenvalue weighted by atomic mass is 10.0. The van der Waals surface area contributed by atoms with Crippen LogP contribution in [-0.2, 0) is 11.3 Å². The predicted molar refractivity (Wildman–Crippen MR) is 104 cm³/mol. The van der Waals surface area contributed by atoms with Crippen molar-refractivity contribution in [1.82, 2.24) is 19.9 Å². The molecule has 4 rings (SSSR count). The largest absolute Gasteiger partial charge is 0.382 e. The average molecular weight is 349 g/mol. The summed E-state index contributed by atoms with van der Waals surface area (Å²) in [6.45, 7) is 4.59. The summed E-state index contributed by atoms with van der Waals surface area (Å²) >= 11 is 0. The summed E-state index contributed by atoms with van der Waals surface area (Å²) in [5.74, 6) is 1.19. The van der Waals surface area contributed by atoms with Crippen LogP contribution in [0.25, 0.3) is 27.5 Å². The lowest BCUT2D eigenvalue weighted by molar-refractivity contribution is -0.129. The molecule has 0 saturated carbocycles. The summed E-state index contributed by atoms with van der Waals surface area (Å²) < 4.78 is 0. The SMILES string of the molecule is CCN(Cc1nc2c([nH]1)c(N)nc1cc(C3=CCCC3)ccc12)C(C)=O. The molecule has 0 aliphatic heterocycles. The Bertz CT molecular complexity index is 1030. The van der Waals surface area contributed by atoms with Gasteiger partial charge in [-0.1, -0.05) is 12.1 Å². The van der Waals surface area contributed by atoms with Gasteiger partial charge in [0.15, 0.2) is 0 Å². The third-order valence-corrected chi connectivity index (χ3v) is 5.08. The van der Waals surface area contributed by atoms with E-state index in [4.69, 9.17) is 10.7 Å². The van der Waals surface area contributed by atoms with E-state index in [0.717, 1.165) is 40.6 Å². The number of carbonyl (C=O) groups excluding carboxylic acids is 1. The molecular formula is C20H23N5O. The van der Waals surface area contributed by atoms with E-state index in [0.29, 0.717) is 18.9 Å². The second-order valence-electron chi connectivity index (χ2n) is 6.79. The molecule has 1 aliphatic rings. The van der Waals surface area contributed by atoms with E-state index >= 15 is 0 Å². The lowest BCUT2D eigenvalue weighted by Crippen LogP contribution is -2.28. The number of imidazole rings is 1. The molecule has 2 aromatic heterocycles. The summed E-state index contributed by atoms with van der Waals surface area (Å²) in [6, 6.07) is 6.31. The fourth-order valence-electron chi connectivity index (χ4n) is 3.65. The van der Waals surface area contributed by atoms with Crippen LogP contribution in [0.5, 0.6) is 0 Å². The van der Waals surface area contributed by atoms with Crippen molar-refractivity contribution in [2.24, 2.45) is 0 Å². The number of pyridine rings is 1. The molecule has 3 aromatic rings. The van der Waals surface area contributed by atoms with Gasteiger partial charge < -0.3 is 15.6 Å². The van der Waals surface area contributed by atoms with Gasteiger partial charge in [0.25, 0.3) is 0 Å². The van der Waals surface area contributed by atoms with Gasteiger partial charge in [-0.3, -0.25) is 4.79 Å². The molecule has 26 heavy (non-hydrogen) atoms. The van der Waals surface area contributed by atoms with Gasteiger partial charge in [0, 0.05) is 18.9 Å². The number of aromatic amines is 1. The summed E-state index contributed by atoms with van der Waals surface area (Å²) in [7, 11) is 0. The number of allylic oxidation sites excluding steroid dienone is 2. The van der Waals surface area contributed by atoms with Gasteiger partial charge in [0.1, 0.15) is 22.7 Å². The molecule has 6 nitrogen and oxygen atoms in total. The summed E-state index contributed by atoms with van der Waals surface area (Å²) in [4.78, 5) is 25.9. The quantitative estimate of drug-likeness (QED) is 0.753. The molecule has 1 amide bonds. The molecular weight excluding hydrogens is 326 g/mol. The first-order valence-corrected chi connectivity index (χ1v) is 9.09. The van der Waals surface area contributed by atoms with E-state index in [1.54, 1.807) is 11.8 Å². The minimum absolute atomic E-state index is 0.0263. The third kappa shape index (κ3) is 2.81. The number of rotatable bonds is 4. The average Bonchev–Trinajstić information content (AvgIpc) is 3.29. The van der Waals surface area contributed by atoms with Crippen molar-refractivity contribution < 1.29 is 4.79 Å². The molecule has 0 atom stereocenters. The highest BCUT2D eigenvalue weighted by Gasteiger charge is 2.16. The van der Waals surface area contributed by atoms with Crippen molar-refractivity contribution in [3.05, 3.63) is 35.7 Å². The Hall–Kier alpha value is -2.89. The number of hydrogen-bond acceptors (Lipinski definition) is 4. The third-order valence-electron chi connectivity index (χ3n) is 5.08. The molecule has 0 bridgehead atoms. The molecule has 0 radical (unpaired) electrons. The summed E-state index contributed by atoms with van der Waals surface area (Å²) in [5.41, 5.74) is 11.2. The Balaban J connectivity index is 1.80. The topological polar surface area (TPSA) is 87.9 Å². The number of nitrogen functional groups attached to an aromatic ring is 1. The molecule has 0 unspecified atom stereocenters. The van der Waals surface area contributed by atoms with E-state index in [9.17, 15) is 4.79 Å². The number of H-pyrrole nitrogens is 1. The Kier molecular flexibility index (Phi) is 4.11. The van der Waals surface area contributed by atoms with Crippen LogP contribution < -0.4 is 5.73 Å². The minimum Gasteiger partial charge on any atom is -0.382 e. The van der Waals surface area contributed by atoms with E-state index in [1.165, 1.54) is 17.6 Å². The highest BCUT2D eigenvalue weighted by atomic mass is 16.2. The number of anilines is 1. The molecule has 1 aliphatic carbocycles. The van der Waals surface area contributed by atoms with Crippen molar-refractivity contribution in [1.29, 1.82) is 0 Å². The molecule has 2 heterocycles. The molecule has 134 valence electrons. The highest BCUT2D eigenvalue weighted by Crippen LogP contribution is 2.32. The van der Waals surface area contributed by atoms with Crippen LogP contribution in [0.3, 0.4) is 0 Å². The van der Waals surface area contributed by atoms with E-state index in [1.807, 2.05) is 6.92 Å². The monoisotopic (exact) mass is 349 g/mol. The second kappa shape index (κ2) is 6.44. The van der Waals surface area contributed by atoms with E-state index in [-0.39, 0.29) is 5.91 Å². The van der Waals surface area contributed by atoms with E-state index in [2.05, 4.69) is 34.2 Å². The van der Waals surface area contributed by atoms with E-state index < -0.39 is 0 Å². The number of fused-ring (bicyclic) bond motifs is 3. The maximum absolute atomic E-state index is 11.7. The van der Waals surface area contributed by atoms with Gasteiger partial charge >= 0.3 is 0 Å². The van der Waals surface area contributed by atoms with Crippen LogP contribution in [0.1, 0.15) is 44.5 Å². The van der Waals surface area contributed by atoms with Gasteiger partial charge in [-0.15, -0.1) is 0 Å². The molecule has 1 aromatic carbocycles. The molecule has 0 fully saturated rings. The normalized spacial score (nSPS) is 14.2. The first-order chi connectivity index (χ1) is 12.6. The standard InChI is InChI=1S/C20H23N5O/c1-3-25(12(2)26)11-17-23-18-15-9-8-14(13-6-4-5-7-13)10-16(15)22-20(21)19(18)24-17/h6,8-10H,3-5,7,11H2,1-2H3,(H2,21,22)(H,23,24). The number of amides is 1. The highest BCUT2D eigenvalue weighted by molar-refractivity contribution is 6.06. The predicted octanol–water partition coefficient (Wildman–Crippen LogP) is 3.63. The number of benzene rings is 1. The number of hydrogen-bond donors (Lipinski definition) is 2. The van der Waals surface area contributed by atoms with Crippen LogP contribution in [-0.4, -0.2) is 32.3 Å². The Labute approximate surface area is 152 Å². The van der Waals surface area contributed by atoms with Crippen molar-refractivity contribution in [3.63, 3.8) is 0 Å². The fourth-order valence-corrected chi connectivity index (χ4v) is 3.65. The Morgan fingerprint density at radius 3 is 2.88 bits per heavy atom. The number of aromatic nitrogens is 3. The van der Waals surface area contributed by atoms with Crippen molar-refractivity contribution in [2.45, 2.75) is 39.7 Å². The molecule has 0 spiro atoms. The van der Waals surface area contributed by atoms with Crippen LogP contribution in [0.2, 0.25) is 0 Å². The van der Waals surface area contributed by atoms with Crippen LogP contribution >= 0.6 is 0 Å². The maximum atomic E-state index is 11.7. The number of nitrogens with one attached hydrogen (secondary N) is 1. The number of nitrogens with zero attached hydrogens (tertiary/aromatic N) is 3. The van der Waals surface area contributed by atoms with Crippen molar-refractivity contribution >= 4 is 39.2 Å². The Morgan fingerprint density at radius 2 is 2.19 bits per heavy atom. The summed E-state index contributed by atoms with van der Waals surface area (Å²) in [5, 5.41) is 0.977. The number of nitrogens with two attached hydrogens (primary N) is 1. The van der Waals surface area contributed by atoms with Crippen LogP contribution in [0.4, 0.5) is 5.82 Å². The molecule has 0 saturated heterocycles. The number of carbonyl (C=O) groups is 1. The second-order valence-corrected chi connectivity index (χ2v) is 6.79. The smallest absolute Gasteiger partial charge is 0.219 e. The minimum atomic E-state index is 0.0263. The van der Waals surface area contributed by atoms with Crippen molar-refractivity contribution in [2.75, 3.05) is 12.3 Å². The molecule has 6 heteroatoms. The van der Waals surface area contributed by atoms with Gasteiger partial charge in [-0.2, -0.15) is 0 Å². The van der Waals surface area contributed by atoms with Crippen molar-refractivity contribution in [3.8, 4) is 0 Å². The maximum Gasteiger partial charge on any atom is 0.219 e. The zero-order chi connectivity index (χ0) is 18.3. The Morgan fingerprint density at radius 1 is 1.35 bits per heavy atom. The van der Waals surface area contributed by atoms with Crippen LogP contribution in [0.15, 0.2) is 24.3 Å². The van der Waals surface area contributed by atoms with Gasteiger partial charge in [-0.25, -0.2) is 9.97 Å². The zero-order valence-electron chi connectivity index (χ0n) is 15.2. The van der Waals surface area contributed by atoms with Gasteiger partial charge in [0.2, 0.25) is 5.91 Å². The fraction of sp³-hybridized carbons (Fsp3) is 0.350. The van der Waals surface area contributed by atoms with Gasteiger partial charge in [-0.05, 0) is 49.5 Å². The molecule has 3 N–H and O–H groups in total. The first kappa shape index (κ1) is 16.6.